The van der Waals surface area contributed by atoms with Crippen molar-refractivity contribution in [3.05, 3.63) is 46.3 Å². The molecule has 9 heteroatoms. The van der Waals surface area contributed by atoms with Gasteiger partial charge in [0, 0.05) is 24.3 Å². The normalized spacial score (nSPS) is 17.4. The Morgan fingerprint density at radius 1 is 1.28 bits per heavy atom. The molecule has 1 atom stereocenters. The highest BCUT2D eigenvalue weighted by molar-refractivity contribution is 5.74. The second-order valence-electron chi connectivity index (χ2n) is 5.94. The Morgan fingerprint density at radius 2 is 2.08 bits per heavy atom. The number of hydrogen-bond donors (Lipinski definition) is 1. The molecule has 1 aliphatic heterocycles. The van der Waals surface area contributed by atoms with E-state index in [0.29, 0.717) is 6.54 Å². The molecule has 1 aromatic carbocycles. The van der Waals surface area contributed by atoms with E-state index >= 15 is 0 Å². The van der Waals surface area contributed by atoms with Crippen LogP contribution >= 0.6 is 0 Å². The predicted molar refractivity (Wildman–Crippen MR) is 89.0 cm³/mol. The molecule has 1 saturated heterocycles. The van der Waals surface area contributed by atoms with Gasteiger partial charge < -0.3 is 10.2 Å². The molecular formula is C16H17F2N5O2. The number of nitro groups is 1. The van der Waals surface area contributed by atoms with Crippen molar-refractivity contribution in [1.82, 2.24) is 9.97 Å². The van der Waals surface area contributed by atoms with Crippen molar-refractivity contribution in [2.45, 2.75) is 32.2 Å². The molecule has 0 aliphatic carbocycles. The van der Waals surface area contributed by atoms with Crippen LogP contribution in [0.25, 0.3) is 0 Å². The second kappa shape index (κ2) is 6.96. The van der Waals surface area contributed by atoms with Crippen molar-refractivity contribution in [3.8, 4) is 0 Å². The molecule has 2 heterocycles. The van der Waals surface area contributed by atoms with Crippen LogP contribution in [0.3, 0.4) is 0 Å². The maximum Gasteiger partial charge on any atom is 0.353 e. The smallest absolute Gasteiger partial charge is 0.348 e. The number of anilines is 3. The van der Waals surface area contributed by atoms with E-state index in [9.17, 15) is 18.9 Å². The molecule has 2 aromatic rings. The SMILES string of the molecule is CC1CCCCN1c1ncnc(Nc2ccc(F)c(F)c2)c1[N+](=O)[O-]. The van der Waals surface area contributed by atoms with Crippen molar-refractivity contribution in [3.63, 3.8) is 0 Å². The minimum Gasteiger partial charge on any atom is -0.348 e. The van der Waals surface area contributed by atoms with Gasteiger partial charge in [-0.05, 0) is 38.3 Å². The molecule has 1 fully saturated rings. The van der Waals surface area contributed by atoms with Crippen LogP contribution in [0, 0.1) is 21.7 Å². The lowest BCUT2D eigenvalue weighted by molar-refractivity contribution is -0.383. The molecule has 1 N–H and O–H groups in total. The van der Waals surface area contributed by atoms with E-state index < -0.39 is 16.6 Å². The first-order valence-electron chi connectivity index (χ1n) is 7.95. The molecule has 0 spiro atoms. The Kier molecular flexibility index (Phi) is 4.73. The summed E-state index contributed by atoms with van der Waals surface area (Å²) in [6.45, 7) is 2.66. The van der Waals surface area contributed by atoms with Crippen LogP contribution < -0.4 is 10.2 Å². The van der Waals surface area contributed by atoms with Gasteiger partial charge in [-0.15, -0.1) is 0 Å². The lowest BCUT2D eigenvalue weighted by Gasteiger charge is -2.33. The van der Waals surface area contributed by atoms with Crippen molar-refractivity contribution < 1.29 is 13.7 Å². The van der Waals surface area contributed by atoms with Crippen molar-refractivity contribution >= 4 is 23.0 Å². The first kappa shape index (κ1) is 17.0. The largest absolute Gasteiger partial charge is 0.353 e. The Bertz CT molecular complexity index is 802. The molecule has 0 radical (unpaired) electrons. The number of nitrogens with one attached hydrogen (secondary N) is 1. The van der Waals surface area contributed by atoms with Crippen LogP contribution in [-0.2, 0) is 0 Å². The summed E-state index contributed by atoms with van der Waals surface area (Å²) in [6, 6.07) is 3.27. The zero-order chi connectivity index (χ0) is 18.0. The molecule has 1 aromatic heterocycles. The van der Waals surface area contributed by atoms with Crippen LogP contribution in [0.5, 0.6) is 0 Å². The summed E-state index contributed by atoms with van der Waals surface area (Å²) >= 11 is 0. The number of halogens is 2. The molecular weight excluding hydrogens is 332 g/mol. The average Bonchev–Trinajstić information content (AvgIpc) is 2.58. The van der Waals surface area contributed by atoms with Gasteiger partial charge in [-0.25, -0.2) is 18.7 Å². The number of rotatable bonds is 4. The molecule has 3 rings (SSSR count). The molecule has 132 valence electrons. The van der Waals surface area contributed by atoms with E-state index in [-0.39, 0.29) is 29.1 Å². The molecule has 1 aliphatic rings. The summed E-state index contributed by atoms with van der Waals surface area (Å²) in [4.78, 5) is 21.0. The predicted octanol–water partition coefficient (Wildman–Crippen LogP) is 3.79. The Morgan fingerprint density at radius 3 is 2.76 bits per heavy atom. The van der Waals surface area contributed by atoms with Crippen molar-refractivity contribution in [2.75, 3.05) is 16.8 Å². The minimum absolute atomic E-state index is 0.0567. The van der Waals surface area contributed by atoms with Crippen LogP contribution in [0.1, 0.15) is 26.2 Å². The summed E-state index contributed by atoms with van der Waals surface area (Å²) in [5.74, 6) is -1.87. The standard InChI is InChI=1S/C16H17F2N5O2/c1-10-4-2-3-7-22(10)16-14(23(24)25)15(19-9-20-16)21-11-5-6-12(17)13(18)8-11/h5-6,8-10H,2-4,7H2,1H3,(H,19,20,21). The maximum atomic E-state index is 13.4. The fourth-order valence-electron chi connectivity index (χ4n) is 2.96. The first-order valence-corrected chi connectivity index (χ1v) is 7.95. The van der Waals surface area contributed by atoms with Crippen molar-refractivity contribution in [1.29, 1.82) is 0 Å². The van der Waals surface area contributed by atoms with Gasteiger partial charge in [0.1, 0.15) is 6.33 Å². The van der Waals surface area contributed by atoms with E-state index in [0.717, 1.165) is 31.4 Å². The van der Waals surface area contributed by atoms with Gasteiger partial charge in [0.25, 0.3) is 0 Å². The van der Waals surface area contributed by atoms with E-state index in [4.69, 9.17) is 0 Å². The molecule has 0 saturated carbocycles. The summed E-state index contributed by atoms with van der Waals surface area (Å²) in [6.07, 6.45) is 4.15. The van der Waals surface area contributed by atoms with E-state index in [1.807, 2.05) is 11.8 Å². The third-order valence-corrected chi connectivity index (χ3v) is 4.24. The Hall–Kier alpha value is -2.84. The highest BCUT2D eigenvalue weighted by Gasteiger charge is 2.30. The molecule has 0 bridgehead atoms. The third kappa shape index (κ3) is 3.49. The van der Waals surface area contributed by atoms with Gasteiger partial charge in [0.2, 0.25) is 11.6 Å². The third-order valence-electron chi connectivity index (χ3n) is 4.24. The fraction of sp³-hybridized carbons (Fsp3) is 0.375. The average molecular weight is 349 g/mol. The monoisotopic (exact) mass is 349 g/mol. The highest BCUT2D eigenvalue weighted by atomic mass is 19.2. The zero-order valence-corrected chi connectivity index (χ0v) is 13.6. The number of aromatic nitrogens is 2. The minimum atomic E-state index is -1.05. The van der Waals surface area contributed by atoms with Gasteiger partial charge in [-0.1, -0.05) is 0 Å². The number of nitrogens with zero attached hydrogens (tertiary/aromatic N) is 4. The molecule has 7 nitrogen and oxygen atoms in total. The van der Waals surface area contributed by atoms with E-state index in [1.165, 1.54) is 12.4 Å². The van der Waals surface area contributed by atoms with Gasteiger partial charge in [0.05, 0.1) is 4.92 Å². The highest BCUT2D eigenvalue weighted by Crippen LogP contribution is 2.36. The summed E-state index contributed by atoms with van der Waals surface area (Å²) in [5.41, 5.74) is -0.112. The summed E-state index contributed by atoms with van der Waals surface area (Å²) < 4.78 is 26.4. The Balaban J connectivity index is 2.00. The van der Waals surface area contributed by atoms with Crippen molar-refractivity contribution in [2.24, 2.45) is 0 Å². The number of piperidine rings is 1. The number of hydrogen-bond acceptors (Lipinski definition) is 6. The summed E-state index contributed by atoms with van der Waals surface area (Å²) in [5, 5.41) is 14.3. The topological polar surface area (TPSA) is 84.2 Å². The van der Waals surface area contributed by atoms with Gasteiger partial charge in [0.15, 0.2) is 11.6 Å². The molecule has 25 heavy (non-hydrogen) atoms. The zero-order valence-electron chi connectivity index (χ0n) is 13.6. The quantitative estimate of drug-likeness (QED) is 0.668. The van der Waals surface area contributed by atoms with Crippen LogP contribution in [0.4, 0.5) is 31.8 Å². The Labute approximate surface area is 142 Å². The van der Waals surface area contributed by atoms with Crippen LogP contribution in [0.15, 0.2) is 24.5 Å². The second-order valence-corrected chi connectivity index (χ2v) is 5.94. The first-order chi connectivity index (χ1) is 12.0. The van der Waals surface area contributed by atoms with Gasteiger partial charge in [-0.3, -0.25) is 10.1 Å². The van der Waals surface area contributed by atoms with Gasteiger partial charge in [-0.2, -0.15) is 0 Å². The lowest BCUT2D eigenvalue weighted by atomic mass is 10.0. The molecule has 0 amide bonds. The lowest BCUT2D eigenvalue weighted by Crippen LogP contribution is -2.38. The van der Waals surface area contributed by atoms with E-state index in [2.05, 4.69) is 15.3 Å². The van der Waals surface area contributed by atoms with E-state index in [1.54, 1.807) is 0 Å². The molecule has 1 unspecified atom stereocenters. The van der Waals surface area contributed by atoms with Crippen LogP contribution in [0.2, 0.25) is 0 Å². The summed E-state index contributed by atoms with van der Waals surface area (Å²) in [7, 11) is 0. The van der Waals surface area contributed by atoms with Gasteiger partial charge >= 0.3 is 5.69 Å². The van der Waals surface area contributed by atoms with Crippen LogP contribution in [-0.4, -0.2) is 27.5 Å². The maximum absolute atomic E-state index is 13.4. The fourth-order valence-corrected chi connectivity index (χ4v) is 2.96. The number of benzene rings is 1.